The zero-order valence-corrected chi connectivity index (χ0v) is 11.6. The highest BCUT2D eigenvalue weighted by Crippen LogP contribution is 2.33. The van der Waals surface area contributed by atoms with Crippen LogP contribution in [-0.4, -0.2) is 16.2 Å². The molecule has 3 rings (SSSR count). The van der Waals surface area contributed by atoms with E-state index in [9.17, 15) is 0 Å². The van der Waals surface area contributed by atoms with Crippen molar-refractivity contribution in [1.82, 2.24) is 10.2 Å². The van der Waals surface area contributed by atoms with Crippen molar-refractivity contribution in [2.24, 2.45) is 0 Å². The van der Waals surface area contributed by atoms with Gasteiger partial charge in [-0.05, 0) is 42.2 Å². The van der Waals surface area contributed by atoms with Crippen LogP contribution in [0.15, 0.2) is 21.2 Å². The fourth-order valence-electron chi connectivity index (χ4n) is 1.82. The summed E-state index contributed by atoms with van der Waals surface area (Å²) in [6.45, 7) is 2.66. The van der Waals surface area contributed by atoms with Crippen molar-refractivity contribution < 1.29 is 4.42 Å². The molecule has 0 aromatic carbocycles. The van der Waals surface area contributed by atoms with Crippen LogP contribution in [0.5, 0.6) is 0 Å². The van der Waals surface area contributed by atoms with Gasteiger partial charge in [0.2, 0.25) is 5.89 Å². The molecule has 1 atom stereocenters. The summed E-state index contributed by atoms with van der Waals surface area (Å²) in [5.41, 5.74) is 1.28. The fraction of sp³-hybridized carbons (Fsp3) is 0.500. The van der Waals surface area contributed by atoms with Crippen LogP contribution in [0.1, 0.15) is 36.6 Å². The van der Waals surface area contributed by atoms with Gasteiger partial charge in [0.15, 0.2) is 0 Å². The maximum Gasteiger partial charge on any atom is 0.318 e. The van der Waals surface area contributed by atoms with E-state index in [1.165, 1.54) is 18.4 Å². The van der Waals surface area contributed by atoms with E-state index in [2.05, 4.69) is 31.9 Å². The second-order valence-electron chi connectivity index (χ2n) is 4.53. The number of alkyl halides is 1. The van der Waals surface area contributed by atoms with Crippen LogP contribution in [0.4, 0.5) is 6.01 Å². The Kier molecular flexibility index (Phi) is 3.26. The lowest BCUT2D eigenvalue weighted by molar-refractivity contribution is 0.480. The molecule has 0 amide bonds. The number of thiophene rings is 1. The van der Waals surface area contributed by atoms with Gasteiger partial charge in [-0.25, -0.2) is 0 Å². The summed E-state index contributed by atoms with van der Waals surface area (Å²) >= 11 is 7.65. The monoisotopic (exact) mass is 283 g/mol. The summed E-state index contributed by atoms with van der Waals surface area (Å²) in [4.78, 5) is 2.18. The second-order valence-corrected chi connectivity index (χ2v) is 5.96. The van der Waals surface area contributed by atoms with Crippen LogP contribution >= 0.6 is 22.9 Å². The smallest absolute Gasteiger partial charge is 0.318 e. The first-order valence-corrected chi connectivity index (χ1v) is 7.37. The third kappa shape index (κ3) is 2.52. The van der Waals surface area contributed by atoms with Crippen molar-refractivity contribution in [2.45, 2.75) is 37.7 Å². The molecule has 1 saturated carbocycles. The summed E-state index contributed by atoms with van der Waals surface area (Å²) in [6, 6.07) is 3.25. The Morgan fingerprint density at radius 3 is 2.94 bits per heavy atom. The lowest BCUT2D eigenvalue weighted by Gasteiger charge is -2.18. The number of anilines is 1. The van der Waals surface area contributed by atoms with Crippen LogP contribution in [0.2, 0.25) is 0 Å². The van der Waals surface area contributed by atoms with Gasteiger partial charge in [0.05, 0.1) is 0 Å². The van der Waals surface area contributed by atoms with Gasteiger partial charge in [0.25, 0.3) is 0 Å². The van der Waals surface area contributed by atoms with Crippen LogP contribution in [-0.2, 0) is 6.54 Å². The third-order valence-corrected chi connectivity index (χ3v) is 3.86. The van der Waals surface area contributed by atoms with E-state index in [4.69, 9.17) is 16.0 Å². The van der Waals surface area contributed by atoms with Crippen LogP contribution in [0.25, 0.3) is 0 Å². The maximum atomic E-state index is 5.95. The topological polar surface area (TPSA) is 42.2 Å². The summed E-state index contributed by atoms with van der Waals surface area (Å²) in [5, 5.41) is 12.1. The van der Waals surface area contributed by atoms with E-state index in [-0.39, 0.29) is 5.38 Å². The minimum absolute atomic E-state index is 0.242. The van der Waals surface area contributed by atoms with Crippen molar-refractivity contribution in [1.29, 1.82) is 0 Å². The number of hydrogen-bond acceptors (Lipinski definition) is 5. The number of halogens is 1. The lowest BCUT2D eigenvalue weighted by Crippen LogP contribution is -2.25. The highest BCUT2D eigenvalue weighted by molar-refractivity contribution is 7.07. The maximum absolute atomic E-state index is 5.95. The highest BCUT2D eigenvalue weighted by Gasteiger charge is 2.32. The molecular weight excluding hydrogens is 270 g/mol. The molecule has 4 nitrogen and oxygen atoms in total. The molecule has 6 heteroatoms. The zero-order chi connectivity index (χ0) is 12.5. The van der Waals surface area contributed by atoms with E-state index in [1.54, 1.807) is 11.3 Å². The minimum atomic E-state index is -0.242. The Morgan fingerprint density at radius 1 is 1.56 bits per heavy atom. The first-order chi connectivity index (χ1) is 8.74. The first kappa shape index (κ1) is 12.0. The molecule has 0 N–H and O–H groups in total. The Morgan fingerprint density at radius 2 is 2.39 bits per heavy atom. The van der Waals surface area contributed by atoms with E-state index in [0.29, 0.717) is 17.9 Å². The van der Waals surface area contributed by atoms with Crippen molar-refractivity contribution in [3.8, 4) is 0 Å². The summed E-state index contributed by atoms with van der Waals surface area (Å²) in [5.74, 6) is 0.489. The second kappa shape index (κ2) is 4.90. The Labute approximate surface area is 115 Å². The molecule has 1 aliphatic rings. The standard InChI is InChI=1S/C12H14ClN3OS/c1-8(13)11-14-15-12(17-11)16(10-2-3-10)6-9-4-5-18-7-9/h4-5,7-8,10H,2-3,6H2,1H3. The van der Waals surface area contributed by atoms with Crippen LogP contribution < -0.4 is 4.90 Å². The number of aromatic nitrogens is 2. The SMILES string of the molecule is CC(Cl)c1nnc(N(Cc2ccsc2)C2CC2)o1. The molecule has 0 bridgehead atoms. The number of hydrogen-bond donors (Lipinski definition) is 0. The molecule has 0 spiro atoms. The van der Waals surface area contributed by atoms with E-state index in [1.807, 2.05) is 6.92 Å². The molecule has 1 aliphatic carbocycles. The summed E-state index contributed by atoms with van der Waals surface area (Å²) < 4.78 is 5.63. The van der Waals surface area contributed by atoms with Gasteiger partial charge < -0.3 is 9.32 Å². The van der Waals surface area contributed by atoms with Gasteiger partial charge in [-0.2, -0.15) is 11.3 Å². The molecule has 2 heterocycles. The largest absolute Gasteiger partial charge is 0.406 e. The normalized spacial score (nSPS) is 16.8. The average molecular weight is 284 g/mol. The first-order valence-electron chi connectivity index (χ1n) is 5.99. The fourth-order valence-corrected chi connectivity index (χ4v) is 2.57. The number of nitrogens with zero attached hydrogens (tertiary/aromatic N) is 3. The van der Waals surface area contributed by atoms with Gasteiger partial charge in [-0.1, -0.05) is 5.10 Å². The predicted octanol–water partition coefficient (Wildman–Crippen LogP) is 3.60. The van der Waals surface area contributed by atoms with Crippen molar-refractivity contribution in [3.63, 3.8) is 0 Å². The summed E-state index contributed by atoms with van der Waals surface area (Å²) in [6.07, 6.45) is 2.39. The van der Waals surface area contributed by atoms with E-state index in [0.717, 1.165) is 6.54 Å². The van der Waals surface area contributed by atoms with Crippen molar-refractivity contribution in [3.05, 3.63) is 28.3 Å². The van der Waals surface area contributed by atoms with Gasteiger partial charge in [-0.3, -0.25) is 0 Å². The van der Waals surface area contributed by atoms with Gasteiger partial charge in [0.1, 0.15) is 5.38 Å². The van der Waals surface area contributed by atoms with Crippen LogP contribution in [0, 0.1) is 0 Å². The molecule has 1 unspecified atom stereocenters. The van der Waals surface area contributed by atoms with Crippen molar-refractivity contribution in [2.75, 3.05) is 4.90 Å². The lowest BCUT2D eigenvalue weighted by atomic mass is 10.3. The molecule has 2 aromatic rings. The zero-order valence-electron chi connectivity index (χ0n) is 10.0. The average Bonchev–Trinajstić information content (AvgIpc) is 2.88. The molecule has 0 aliphatic heterocycles. The quantitative estimate of drug-likeness (QED) is 0.786. The Hall–Kier alpha value is -1.07. The summed E-state index contributed by atoms with van der Waals surface area (Å²) in [7, 11) is 0. The van der Waals surface area contributed by atoms with E-state index < -0.39 is 0 Å². The van der Waals surface area contributed by atoms with Gasteiger partial charge >= 0.3 is 6.01 Å². The van der Waals surface area contributed by atoms with Crippen molar-refractivity contribution >= 4 is 29.0 Å². The minimum Gasteiger partial charge on any atom is -0.406 e. The molecule has 2 aromatic heterocycles. The molecule has 18 heavy (non-hydrogen) atoms. The van der Waals surface area contributed by atoms with E-state index >= 15 is 0 Å². The number of rotatable bonds is 5. The van der Waals surface area contributed by atoms with Gasteiger partial charge in [-0.15, -0.1) is 16.7 Å². The molecular formula is C12H14ClN3OS. The highest BCUT2D eigenvalue weighted by atomic mass is 35.5. The Balaban J connectivity index is 1.80. The van der Waals surface area contributed by atoms with Crippen LogP contribution in [0.3, 0.4) is 0 Å². The Bertz CT molecular complexity index is 507. The predicted molar refractivity (Wildman–Crippen MR) is 72.1 cm³/mol. The molecule has 96 valence electrons. The van der Waals surface area contributed by atoms with Gasteiger partial charge in [0, 0.05) is 12.6 Å². The molecule has 0 radical (unpaired) electrons. The molecule has 0 saturated heterocycles. The third-order valence-electron chi connectivity index (χ3n) is 2.94. The molecule has 1 fully saturated rings.